The zero-order valence-corrected chi connectivity index (χ0v) is 12.8. The van der Waals surface area contributed by atoms with Crippen LogP contribution in [-0.2, 0) is 9.53 Å². The monoisotopic (exact) mass is 302 g/mol. The fraction of sp³-hybridized carbons (Fsp3) is 0.438. The Morgan fingerprint density at radius 3 is 2.19 bits per heavy atom. The molecule has 0 radical (unpaired) electrons. The molecule has 4 nitrogen and oxygen atoms in total. The summed E-state index contributed by atoms with van der Waals surface area (Å²) in [5.41, 5.74) is -1.25. The van der Waals surface area contributed by atoms with Crippen LogP contribution < -0.4 is 0 Å². The Balaban J connectivity index is 2.33. The molecule has 21 heavy (non-hydrogen) atoms. The standard InChI is InChI=1S/C16H15ClN2O2/c1-15(2,3)21-14(20)13-12(16(13,8-18)9-19)10-4-6-11(17)7-5-10/h4-7,12-13H,1-3H3/t12-,13+/m0/s1. The summed E-state index contributed by atoms with van der Waals surface area (Å²) in [5.74, 6) is -1.74. The summed E-state index contributed by atoms with van der Waals surface area (Å²) in [6, 6.07) is 10.8. The van der Waals surface area contributed by atoms with E-state index in [1.165, 1.54) is 0 Å². The molecule has 0 N–H and O–H groups in total. The van der Waals surface area contributed by atoms with Gasteiger partial charge in [0.1, 0.15) is 5.60 Å². The largest absolute Gasteiger partial charge is 0.460 e. The third-order valence-corrected chi connectivity index (χ3v) is 3.72. The van der Waals surface area contributed by atoms with Gasteiger partial charge >= 0.3 is 5.97 Å². The lowest BCUT2D eigenvalue weighted by Crippen LogP contribution is -2.26. The summed E-state index contributed by atoms with van der Waals surface area (Å²) in [6.45, 7) is 5.26. The van der Waals surface area contributed by atoms with Gasteiger partial charge in [-0.3, -0.25) is 4.79 Å². The number of nitriles is 2. The highest BCUT2D eigenvalue weighted by atomic mass is 35.5. The average Bonchev–Trinajstić information content (AvgIpc) is 3.07. The first-order valence-electron chi connectivity index (χ1n) is 6.56. The number of esters is 1. The molecule has 5 heteroatoms. The number of halogens is 1. The zero-order valence-electron chi connectivity index (χ0n) is 12.1. The molecule has 2 rings (SSSR count). The predicted molar refractivity (Wildman–Crippen MR) is 77.2 cm³/mol. The summed E-state index contributed by atoms with van der Waals surface area (Å²) < 4.78 is 5.33. The van der Waals surface area contributed by atoms with Crippen LogP contribution in [0.1, 0.15) is 32.3 Å². The first kappa shape index (κ1) is 15.4. The van der Waals surface area contributed by atoms with Gasteiger partial charge in [0.2, 0.25) is 0 Å². The fourth-order valence-electron chi connectivity index (χ4n) is 2.50. The number of ether oxygens (including phenoxy) is 1. The Morgan fingerprint density at radius 1 is 1.24 bits per heavy atom. The molecule has 1 saturated carbocycles. The minimum absolute atomic E-state index is 0.473. The molecule has 2 atom stereocenters. The van der Waals surface area contributed by atoms with E-state index in [9.17, 15) is 15.3 Å². The summed E-state index contributed by atoms with van der Waals surface area (Å²) in [6.07, 6.45) is 0. The second kappa shape index (κ2) is 5.06. The van der Waals surface area contributed by atoms with E-state index in [0.717, 1.165) is 5.56 Å². The lowest BCUT2D eigenvalue weighted by molar-refractivity contribution is -0.157. The van der Waals surface area contributed by atoms with Crippen molar-refractivity contribution in [3.63, 3.8) is 0 Å². The normalized spacial score (nSPS) is 22.8. The molecule has 0 aliphatic heterocycles. The van der Waals surface area contributed by atoms with Gasteiger partial charge in [0.15, 0.2) is 5.41 Å². The predicted octanol–water partition coefficient (Wildman–Crippen LogP) is 3.43. The molecule has 1 fully saturated rings. The van der Waals surface area contributed by atoms with Crippen LogP contribution in [0.3, 0.4) is 0 Å². The van der Waals surface area contributed by atoms with Crippen LogP contribution in [0, 0.1) is 34.0 Å². The van der Waals surface area contributed by atoms with Crippen LogP contribution in [-0.4, -0.2) is 11.6 Å². The maximum atomic E-state index is 12.3. The van der Waals surface area contributed by atoms with Gasteiger partial charge in [0.25, 0.3) is 0 Å². The van der Waals surface area contributed by atoms with Gasteiger partial charge in [0, 0.05) is 10.9 Å². The Morgan fingerprint density at radius 2 is 1.76 bits per heavy atom. The molecule has 0 heterocycles. The molecule has 0 saturated heterocycles. The van der Waals surface area contributed by atoms with Gasteiger partial charge in [-0.2, -0.15) is 10.5 Å². The van der Waals surface area contributed by atoms with Gasteiger partial charge in [-0.1, -0.05) is 23.7 Å². The first-order chi connectivity index (χ1) is 9.75. The third kappa shape index (κ3) is 2.73. The van der Waals surface area contributed by atoms with Crippen molar-refractivity contribution in [2.75, 3.05) is 0 Å². The molecule has 1 aliphatic carbocycles. The number of rotatable bonds is 2. The van der Waals surface area contributed by atoms with E-state index in [1.54, 1.807) is 45.0 Å². The lowest BCUT2D eigenvalue weighted by Gasteiger charge is -2.19. The minimum Gasteiger partial charge on any atom is -0.460 e. The smallest absolute Gasteiger partial charge is 0.312 e. The van der Waals surface area contributed by atoms with Crippen molar-refractivity contribution in [1.29, 1.82) is 10.5 Å². The number of nitrogens with zero attached hydrogens (tertiary/aromatic N) is 2. The quantitative estimate of drug-likeness (QED) is 0.784. The second-order valence-corrected chi connectivity index (χ2v) is 6.57. The van der Waals surface area contributed by atoms with E-state index >= 15 is 0 Å². The number of hydrogen-bond acceptors (Lipinski definition) is 4. The van der Waals surface area contributed by atoms with Gasteiger partial charge < -0.3 is 4.74 Å². The van der Waals surface area contributed by atoms with Crippen LogP contribution in [0.2, 0.25) is 5.02 Å². The molecule has 1 aliphatic rings. The minimum atomic E-state index is -1.35. The van der Waals surface area contributed by atoms with Crippen molar-refractivity contribution in [2.24, 2.45) is 11.3 Å². The molecular weight excluding hydrogens is 288 g/mol. The van der Waals surface area contributed by atoms with Gasteiger partial charge in [-0.25, -0.2) is 0 Å². The zero-order chi connectivity index (χ0) is 15.8. The Labute approximate surface area is 128 Å². The summed E-state index contributed by atoms with van der Waals surface area (Å²) in [5, 5.41) is 19.3. The van der Waals surface area contributed by atoms with E-state index in [4.69, 9.17) is 16.3 Å². The molecular formula is C16H15ClN2O2. The van der Waals surface area contributed by atoms with Crippen molar-refractivity contribution in [3.8, 4) is 12.1 Å². The van der Waals surface area contributed by atoms with Gasteiger partial charge in [-0.15, -0.1) is 0 Å². The molecule has 1 aromatic carbocycles. The average molecular weight is 303 g/mol. The Bertz CT molecular complexity index is 633. The molecule has 0 bridgehead atoms. The van der Waals surface area contributed by atoms with E-state index in [-0.39, 0.29) is 0 Å². The number of hydrogen-bond donors (Lipinski definition) is 0. The number of benzene rings is 1. The van der Waals surface area contributed by atoms with Crippen molar-refractivity contribution >= 4 is 17.6 Å². The van der Waals surface area contributed by atoms with Crippen molar-refractivity contribution in [3.05, 3.63) is 34.9 Å². The fourth-order valence-corrected chi connectivity index (χ4v) is 2.63. The van der Waals surface area contributed by atoms with Crippen LogP contribution in [0.15, 0.2) is 24.3 Å². The SMILES string of the molecule is CC(C)(C)OC(=O)[C@H]1[C@H](c2ccc(Cl)cc2)C1(C#N)C#N. The van der Waals surface area contributed by atoms with Crippen LogP contribution >= 0.6 is 11.6 Å². The summed E-state index contributed by atoms with van der Waals surface area (Å²) in [7, 11) is 0. The molecule has 108 valence electrons. The third-order valence-electron chi connectivity index (χ3n) is 3.47. The van der Waals surface area contributed by atoms with E-state index in [2.05, 4.69) is 0 Å². The number of carbonyl (C=O) groups excluding carboxylic acids is 1. The lowest BCUT2D eigenvalue weighted by atomic mass is 10.0. The molecule has 0 aromatic heterocycles. The molecule has 0 spiro atoms. The van der Waals surface area contributed by atoms with Crippen LogP contribution in [0.5, 0.6) is 0 Å². The number of carbonyl (C=O) groups is 1. The summed E-state index contributed by atoms with van der Waals surface area (Å²) >= 11 is 5.84. The highest BCUT2D eigenvalue weighted by Gasteiger charge is 2.72. The van der Waals surface area contributed by atoms with Crippen LogP contribution in [0.4, 0.5) is 0 Å². The van der Waals surface area contributed by atoms with Crippen molar-refractivity contribution < 1.29 is 9.53 Å². The molecule has 1 aromatic rings. The Kier molecular flexibility index (Phi) is 3.70. The first-order valence-corrected chi connectivity index (χ1v) is 6.94. The van der Waals surface area contributed by atoms with Crippen LogP contribution in [0.25, 0.3) is 0 Å². The van der Waals surface area contributed by atoms with E-state index < -0.39 is 28.8 Å². The maximum absolute atomic E-state index is 12.3. The second-order valence-electron chi connectivity index (χ2n) is 6.13. The van der Waals surface area contributed by atoms with Gasteiger partial charge in [0.05, 0.1) is 18.1 Å². The molecule has 0 unspecified atom stereocenters. The maximum Gasteiger partial charge on any atom is 0.312 e. The summed E-state index contributed by atoms with van der Waals surface area (Å²) in [4.78, 5) is 12.3. The topological polar surface area (TPSA) is 73.9 Å². The van der Waals surface area contributed by atoms with Gasteiger partial charge in [-0.05, 0) is 38.5 Å². The van der Waals surface area contributed by atoms with E-state index in [0.29, 0.717) is 5.02 Å². The van der Waals surface area contributed by atoms with Crippen molar-refractivity contribution in [1.82, 2.24) is 0 Å². The highest BCUT2D eigenvalue weighted by molar-refractivity contribution is 6.30. The Hall–Kier alpha value is -2.04. The van der Waals surface area contributed by atoms with E-state index in [1.807, 2.05) is 12.1 Å². The molecule has 0 amide bonds. The van der Waals surface area contributed by atoms with Crippen molar-refractivity contribution in [2.45, 2.75) is 32.3 Å². The highest BCUT2D eigenvalue weighted by Crippen LogP contribution is 2.64.